The molecule has 11 heteroatoms. The minimum absolute atomic E-state index is 0.0613. The lowest BCUT2D eigenvalue weighted by Gasteiger charge is -2.14. The molecule has 0 aliphatic rings. The van der Waals surface area contributed by atoms with Crippen LogP contribution in [-0.2, 0) is 12.8 Å². The van der Waals surface area contributed by atoms with Gasteiger partial charge in [-0.05, 0) is 48.0 Å². The van der Waals surface area contributed by atoms with Gasteiger partial charge in [0.1, 0.15) is 6.61 Å². The number of nitrogens with zero attached hydrogens (tertiary/aromatic N) is 3. The number of fused-ring (bicyclic) bond motifs is 1. The Morgan fingerprint density at radius 2 is 1.71 bits per heavy atom. The second-order valence-electron chi connectivity index (χ2n) is 8.81. The highest BCUT2D eigenvalue weighted by Gasteiger charge is 2.31. The molecule has 1 heterocycles. The van der Waals surface area contributed by atoms with Crippen molar-refractivity contribution in [3.8, 4) is 22.9 Å². The molecule has 5 aromatic rings. The van der Waals surface area contributed by atoms with Gasteiger partial charge in [-0.25, -0.2) is 4.98 Å². The van der Waals surface area contributed by atoms with E-state index in [4.69, 9.17) is 32.7 Å². The number of hydrogen-bond donors (Lipinski definition) is 0. The van der Waals surface area contributed by atoms with Crippen molar-refractivity contribution in [1.82, 2.24) is 9.66 Å². The Morgan fingerprint density at radius 1 is 0.951 bits per heavy atom. The van der Waals surface area contributed by atoms with Crippen molar-refractivity contribution in [3.05, 3.63) is 122 Å². The molecule has 5 rings (SSSR count). The molecule has 0 unspecified atom stereocenters. The molecular formula is C30H20Cl2F3N3O3. The molecule has 0 N–H and O–H groups in total. The number of rotatable bonds is 7. The highest BCUT2D eigenvalue weighted by Crippen LogP contribution is 2.37. The zero-order valence-corrected chi connectivity index (χ0v) is 22.8. The molecule has 0 bridgehead atoms. The van der Waals surface area contributed by atoms with Crippen molar-refractivity contribution < 1.29 is 22.6 Å². The van der Waals surface area contributed by atoms with Crippen LogP contribution in [0.15, 0.2) is 94.8 Å². The Kier molecular flexibility index (Phi) is 8.01. The van der Waals surface area contributed by atoms with Crippen LogP contribution in [0.4, 0.5) is 13.2 Å². The van der Waals surface area contributed by atoms with Crippen LogP contribution in [0.25, 0.3) is 22.3 Å². The van der Waals surface area contributed by atoms with Gasteiger partial charge in [-0.1, -0.05) is 65.7 Å². The van der Waals surface area contributed by atoms with Gasteiger partial charge in [-0.15, -0.1) is 0 Å². The van der Waals surface area contributed by atoms with Crippen LogP contribution in [-0.4, -0.2) is 23.0 Å². The van der Waals surface area contributed by atoms with Crippen LogP contribution in [0.3, 0.4) is 0 Å². The molecule has 0 saturated heterocycles. The third kappa shape index (κ3) is 6.06. The standard InChI is InChI=1S/C30H20Cl2F3N3O3/c1-40-26-14-18(13-24(32)27(26)41-17-20-7-2-4-11-23(20)31)16-36-38-28(19-8-6-9-21(15-19)30(33,34)35)37-25-12-5-3-10-22(25)29(38)39/h2-16H,17H2,1H3. The van der Waals surface area contributed by atoms with Gasteiger partial charge >= 0.3 is 6.18 Å². The van der Waals surface area contributed by atoms with Crippen molar-refractivity contribution in [1.29, 1.82) is 0 Å². The fourth-order valence-electron chi connectivity index (χ4n) is 4.10. The fraction of sp³-hybridized carbons (Fsp3) is 0.100. The molecule has 0 radical (unpaired) electrons. The van der Waals surface area contributed by atoms with E-state index in [1.54, 1.807) is 42.5 Å². The predicted molar refractivity (Wildman–Crippen MR) is 153 cm³/mol. The molecule has 0 fully saturated rings. The van der Waals surface area contributed by atoms with Gasteiger partial charge in [-0.3, -0.25) is 4.79 Å². The van der Waals surface area contributed by atoms with Gasteiger partial charge in [0.2, 0.25) is 0 Å². The van der Waals surface area contributed by atoms with Crippen molar-refractivity contribution in [2.75, 3.05) is 7.11 Å². The molecule has 0 spiro atoms. The van der Waals surface area contributed by atoms with Crippen molar-refractivity contribution in [3.63, 3.8) is 0 Å². The van der Waals surface area contributed by atoms with Gasteiger partial charge in [0.05, 0.1) is 34.8 Å². The molecule has 0 atom stereocenters. The van der Waals surface area contributed by atoms with Crippen LogP contribution >= 0.6 is 23.2 Å². The molecule has 0 amide bonds. The largest absolute Gasteiger partial charge is 0.493 e. The summed E-state index contributed by atoms with van der Waals surface area (Å²) in [6.45, 7) is 0.141. The summed E-state index contributed by atoms with van der Waals surface area (Å²) >= 11 is 12.7. The Balaban J connectivity index is 1.56. The second kappa shape index (κ2) is 11.6. The summed E-state index contributed by atoms with van der Waals surface area (Å²) in [5, 5.41) is 5.31. The van der Waals surface area contributed by atoms with Gasteiger partial charge in [-0.2, -0.15) is 22.9 Å². The normalized spacial score (nSPS) is 11.8. The van der Waals surface area contributed by atoms with Gasteiger partial charge in [0, 0.05) is 16.1 Å². The van der Waals surface area contributed by atoms with Crippen LogP contribution in [0, 0.1) is 0 Å². The molecule has 208 valence electrons. The SMILES string of the molecule is COc1cc(C=Nn2c(-c3cccc(C(F)(F)F)c3)nc3ccccc3c2=O)cc(Cl)c1OCc1ccccc1Cl. The van der Waals surface area contributed by atoms with E-state index in [1.165, 1.54) is 25.5 Å². The average molecular weight is 598 g/mol. The summed E-state index contributed by atoms with van der Waals surface area (Å²) < 4.78 is 52.6. The Morgan fingerprint density at radius 3 is 2.46 bits per heavy atom. The lowest BCUT2D eigenvalue weighted by Crippen LogP contribution is -2.20. The number of para-hydroxylation sites is 1. The molecule has 1 aromatic heterocycles. The number of aromatic nitrogens is 2. The minimum Gasteiger partial charge on any atom is -0.493 e. The van der Waals surface area contributed by atoms with Gasteiger partial charge in [0.25, 0.3) is 5.56 Å². The first kappa shape index (κ1) is 28.2. The van der Waals surface area contributed by atoms with E-state index in [9.17, 15) is 18.0 Å². The summed E-state index contributed by atoms with van der Waals surface area (Å²) in [4.78, 5) is 17.9. The number of benzene rings is 4. The zero-order chi connectivity index (χ0) is 29.1. The molecule has 0 aliphatic carbocycles. The van der Waals surface area contributed by atoms with Crippen molar-refractivity contribution in [2.45, 2.75) is 12.8 Å². The number of alkyl halides is 3. The Hall–Kier alpha value is -4.34. The van der Waals surface area contributed by atoms with Crippen molar-refractivity contribution >= 4 is 40.3 Å². The second-order valence-corrected chi connectivity index (χ2v) is 9.62. The van der Waals surface area contributed by atoms with Crippen LogP contribution < -0.4 is 15.0 Å². The lowest BCUT2D eigenvalue weighted by atomic mass is 10.1. The van der Waals surface area contributed by atoms with E-state index >= 15 is 0 Å². The van der Waals surface area contributed by atoms with Crippen LogP contribution in [0.1, 0.15) is 16.7 Å². The molecule has 0 aliphatic heterocycles. The summed E-state index contributed by atoms with van der Waals surface area (Å²) in [7, 11) is 1.44. The minimum atomic E-state index is -4.58. The summed E-state index contributed by atoms with van der Waals surface area (Å²) in [6, 6.07) is 21.4. The molecule has 6 nitrogen and oxygen atoms in total. The van der Waals surface area contributed by atoms with E-state index in [0.717, 1.165) is 22.4 Å². The summed E-state index contributed by atoms with van der Waals surface area (Å²) in [5.41, 5.74) is 0.143. The third-order valence-electron chi connectivity index (χ3n) is 6.11. The maximum absolute atomic E-state index is 13.4. The average Bonchev–Trinajstić information content (AvgIpc) is 2.96. The third-order valence-corrected chi connectivity index (χ3v) is 6.76. The molecular weight excluding hydrogens is 578 g/mol. The quantitative estimate of drug-likeness (QED) is 0.179. The van der Waals surface area contributed by atoms with Crippen LogP contribution in [0.5, 0.6) is 11.5 Å². The van der Waals surface area contributed by atoms with E-state index < -0.39 is 17.3 Å². The number of halogens is 5. The number of ether oxygens (including phenoxy) is 2. The number of methoxy groups -OCH3 is 1. The van der Waals surface area contributed by atoms with Gasteiger partial charge in [0.15, 0.2) is 17.3 Å². The van der Waals surface area contributed by atoms with E-state index in [2.05, 4.69) is 10.1 Å². The fourth-order valence-corrected chi connectivity index (χ4v) is 4.56. The van der Waals surface area contributed by atoms with E-state index in [1.807, 2.05) is 18.2 Å². The molecule has 41 heavy (non-hydrogen) atoms. The van der Waals surface area contributed by atoms with E-state index in [0.29, 0.717) is 21.9 Å². The maximum atomic E-state index is 13.4. The summed E-state index contributed by atoms with van der Waals surface area (Å²) in [6.07, 6.45) is -3.24. The maximum Gasteiger partial charge on any atom is 0.416 e. The highest BCUT2D eigenvalue weighted by molar-refractivity contribution is 6.32. The Bertz CT molecular complexity index is 1840. The summed E-state index contributed by atoms with van der Waals surface area (Å²) in [5.74, 6) is 0.516. The molecule has 4 aromatic carbocycles. The first-order valence-electron chi connectivity index (χ1n) is 12.1. The lowest BCUT2D eigenvalue weighted by molar-refractivity contribution is -0.137. The Labute approximate surface area is 242 Å². The number of hydrogen-bond acceptors (Lipinski definition) is 5. The smallest absolute Gasteiger partial charge is 0.416 e. The first-order chi connectivity index (χ1) is 19.7. The zero-order valence-electron chi connectivity index (χ0n) is 21.3. The topological polar surface area (TPSA) is 65.7 Å². The van der Waals surface area contributed by atoms with Crippen LogP contribution in [0.2, 0.25) is 10.0 Å². The highest BCUT2D eigenvalue weighted by atomic mass is 35.5. The predicted octanol–water partition coefficient (Wildman–Crippen LogP) is 7.86. The van der Waals surface area contributed by atoms with Gasteiger partial charge < -0.3 is 9.47 Å². The van der Waals surface area contributed by atoms with E-state index in [-0.39, 0.29) is 34.2 Å². The molecule has 0 saturated carbocycles. The first-order valence-corrected chi connectivity index (χ1v) is 12.9. The monoisotopic (exact) mass is 597 g/mol. The van der Waals surface area contributed by atoms with Crippen molar-refractivity contribution in [2.24, 2.45) is 5.10 Å².